The van der Waals surface area contributed by atoms with Crippen molar-refractivity contribution in [3.05, 3.63) is 75.3 Å². The van der Waals surface area contributed by atoms with Crippen LogP contribution in [0.25, 0.3) is 10.8 Å². The molecule has 0 aliphatic carbocycles. The van der Waals surface area contributed by atoms with Gasteiger partial charge in [-0.05, 0) is 53.9 Å². The first kappa shape index (κ1) is 20.8. The molecule has 0 unspecified atom stereocenters. The zero-order valence-electron chi connectivity index (χ0n) is 16.7. The van der Waals surface area contributed by atoms with E-state index >= 15 is 0 Å². The van der Waals surface area contributed by atoms with Gasteiger partial charge in [-0.2, -0.15) is 0 Å². The number of nitrogens with zero attached hydrogens (tertiary/aromatic N) is 1. The maximum Gasteiger partial charge on any atom is 0.342 e. The minimum Gasteiger partial charge on any atom is -0.496 e. The number of aryl methyl sites for hydroxylation is 2. The molecule has 3 aromatic rings. The van der Waals surface area contributed by atoms with Crippen LogP contribution in [0.3, 0.4) is 0 Å². The Morgan fingerprint density at radius 1 is 1.03 bits per heavy atom. The van der Waals surface area contributed by atoms with Crippen LogP contribution in [0.1, 0.15) is 21.5 Å². The second kappa shape index (κ2) is 8.60. The van der Waals surface area contributed by atoms with Crippen molar-refractivity contribution in [2.24, 2.45) is 0 Å². The summed E-state index contributed by atoms with van der Waals surface area (Å²) in [5, 5.41) is 15.4. The van der Waals surface area contributed by atoms with Crippen LogP contribution in [-0.2, 0) is 9.53 Å². The van der Waals surface area contributed by atoms with E-state index in [1.807, 2.05) is 24.3 Å². The van der Waals surface area contributed by atoms with E-state index in [1.165, 1.54) is 19.2 Å². The van der Waals surface area contributed by atoms with E-state index < -0.39 is 23.4 Å². The predicted octanol–water partition coefficient (Wildman–Crippen LogP) is 4.17. The van der Waals surface area contributed by atoms with Crippen LogP contribution in [0.5, 0.6) is 5.75 Å². The SMILES string of the molecule is COc1cc2ccccc2cc1C(=O)OCC(=O)Nc1cc(C)c(C)cc1[N+](=O)[O-]. The number of nitro benzene ring substituents is 1. The topological polar surface area (TPSA) is 108 Å². The van der Waals surface area contributed by atoms with Gasteiger partial charge in [-0.3, -0.25) is 14.9 Å². The number of rotatable bonds is 6. The quantitative estimate of drug-likeness (QED) is 0.373. The van der Waals surface area contributed by atoms with Gasteiger partial charge >= 0.3 is 5.97 Å². The summed E-state index contributed by atoms with van der Waals surface area (Å²) in [6, 6.07) is 13.7. The molecule has 0 spiro atoms. The number of methoxy groups -OCH3 is 1. The van der Waals surface area contributed by atoms with Gasteiger partial charge in [0.05, 0.1) is 12.0 Å². The highest BCUT2D eigenvalue weighted by Crippen LogP contribution is 2.28. The summed E-state index contributed by atoms with van der Waals surface area (Å²) in [7, 11) is 1.44. The molecular weight excluding hydrogens is 388 g/mol. The summed E-state index contributed by atoms with van der Waals surface area (Å²) in [6.07, 6.45) is 0. The molecule has 30 heavy (non-hydrogen) atoms. The minimum absolute atomic E-state index is 0.0486. The second-order valence-corrected chi connectivity index (χ2v) is 6.73. The number of ether oxygens (including phenoxy) is 2. The van der Waals surface area contributed by atoms with Crippen LogP contribution >= 0.6 is 0 Å². The molecule has 0 aliphatic heterocycles. The van der Waals surface area contributed by atoms with Crippen molar-refractivity contribution in [3.8, 4) is 5.75 Å². The van der Waals surface area contributed by atoms with E-state index in [0.717, 1.165) is 21.9 Å². The largest absolute Gasteiger partial charge is 0.496 e. The molecule has 1 amide bonds. The Morgan fingerprint density at radius 2 is 1.67 bits per heavy atom. The molecule has 0 radical (unpaired) electrons. The predicted molar refractivity (Wildman–Crippen MR) is 112 cm³/mol. The van der Waals surface area contributed by atoms with Crippen LogP contribution < -0.4 is 10.1 Å². The highest BCUT2D eigenvalue weighted by molar-refractivity contribution is 6.01. The summed E-state index contributed by atoms with van der Waals surface area (Å²) in [5.74, 6) is -1.10. The molecule has 0 fully saturated rings. The summed E-state index contributed by atoms with van der Waals surface area (Å²) >= 11 is 0. The molecule has 0 aliphatic rings. The fraction of sp³-hybridized carbons (Fsp3) is 0.182. The van der Waals surface area contributed by atoms with Gasteiger partial charge < -0.3 is 14.8 Å². The molecule has 0 bridgehead atoms. The first-order valence-electron chi connectivity index (χ1n) is 9.09. The second-order valence-electron chi connectivity index (χ2n) is 6.73. The van der Waals surface area contributed by atoms with E-state index in [2.05, 4.69) is 5.32 Å². The van der Waals surface area contributed by atoms with Gasteiger partial charge in [0.15, 0.2) is 6.61 Å². The van der Waals surface area contributed by atoms with E-state index in [9.17, 15) is 19.7 Å². The number of esters is 1. The van der Waals surface area contributed by atoms with Gasteiger partial charge in [-0.15, -0.1) is 0 Å². The van der Waals surface area contributed by atoms with Crippen LogP contribution in [0.4, 0.5) is 11.4 Å². The van der Waals surface area contributed by atoms with Gasteiger partial charge in [0, 0.05) is 6.07 Å². The van der Waals surface area contributed by atoms with Crippen molar-refractivity contribution in [1.82, 2.24) is 0 Å². The molecule has 154 valence electrons. The third-order valence-corrected chi connectivity index (χ3v) is 4.70. The van der Waals surface area contributed by atoms with Crippen molar-refractivity contribution < 1.29 is 24.0 Å². The van der Waals surface area contributed by atoms with Crippen LogP contribution in [0, 0.1) is 24.0 Å². The van der Waals surface area contributed by atoms with Crippen LogP contribution in [0.15, 0.2) is 48.5 Å². The summed E-state index contributed by atoms with van der Waals surface area (Å²) in [6.45, 7) is 2.92. The Labute approximate surface area is 172 Å². The highest BCUT2D eigenvalue weighted by atomic mass is 16.6. The molecule has 0 aromatic heterocycles. The number of hydrogen-bond acceptors (Lipinski definition) is 6. The number of hydrogen-bond donors (Lipinski definition) is 1. The zero-order valence-corrected chi connectivity index (χ0v) is 16.7. The van der Waals surface area contributed by atoms with E-state index in [1.54, 1.807) is 26.0 Å². The standard InChI is InChI=1S/C22H20N2O6/c1-13-8-18(19(24(27)28)9-14(13)2)23-21(25)12-30-22(26)17-10-15-6-4-5-7-16(15)11-20(17)29-3/h4-11H,12H2,1-3H3,(H,23,25). The Morgan fingerprint density at radius 3 is 2.30 bits per heavy atom. The van der Waals surface area contributed by atoms with Crippen molar-refractivity contribution in [2.75, 3.05) is 19.0 Å². The molecule has 1 N–H and O–H groups in total. The average molecular weight is 408 g/mol. The maximum absolute atomic E-state index is 12.5. The summed E-state index contributed by atoms with van der Waals surface area (Å²) in [4.78, 5) is 35.4. The molecule has 3 aromatic carbocycles. The lowest BCUT2D eigenvalue weighted by atomic mass is 10.1. The summed E-state index contributed by atoms with van der Waals surface area (Å²) in [5.41, 5.74) is 1.52. The van der Waals surface area contributed by atoms with Gasteiger partial charge in [0.25, 0.3) is 11.6 Å². The lowest BCUT2D eigenvalue weighted by Gasteiger charge is -2.11. The number of carbonyl (C=O) groups excluding carboxylic acids is 2. The number of nitro groups is 1. The van der Waals surface area contributed by atoms with Crippen molar-refractivity contribution in [2.45, 2.75) is 13.8 Å². The van der Waals surface area contributed by atoms with E-state index in [4.69, 9.17) is 9.47 Å². The monoisotopic (exact) mass is 408 g/mol. The number of fused-ring (bicyclic) bond motifs is 1. The van der Waals surface area contributed by atoms with Gasteiger partial charge in [0.2, 0.25) is 0 Å². The number of carbonyl (C=O) groups is 2. The molecule has 3 rings (SSSR count). The number of benzene rings is 3. The number of amides is 1. The first-order chi connectivity index (χ1) is 14.3. The smallest absolute Gasteiger partial charge is 0.342 e. The third kappa shape index (κ3) is 4.38. The zero-order chi connectivity index (χ0) is 21.8. The Kier molecular flexibility index (Phi) is 5.96. The van der Waals surface area contributed by atoms with Crippen LogP contribution in [0.2, 0.25) is 0 Å². The number of anilines is 1. The minimum atomic E-state index is -0.734. The lowest BCUT2D eigenvalue weighted by Crippen LogP contribution is -2.21. The van der Waals surface area contributed by atoms with Gasteiger partial charge in [0.1, 0.15) is 17.0 Å². The van der Waals surface area contributed by atoms with Crippen molar-refractivity contribution in [1.29, 1.82) is 0 Å². The molecule has 8 nitrogen and oxygen atoms in total. The Hall–Kier alpha value is -3.94. The van der Waals surface area contributed by atoms with Crippen molar-refractivity contribution in [3.63, 3.8) is 0 Å². The van der Waals surface area contributed by atoms with Gasteiger partial charge in [-0.25, -0.2) is 4.79 Å². The first-order valence-corrected chi connectivity index (χ1v) is 9.09. The highest BCUT2D eigenvalue weighted by Gasteiger charge is 2.20. The lowest BCUT2D eigenvalue weighted by molar-refractivity contribution is -0.384. The fourth-order valence-electron chi connectivity index (χ4n) is 3.00. The molecule has 0 atom stereocenters. The molecule has 0 heterocycles. The number of nitrogens with one attached hydrogen (secondary N) is 1. The summed E-state index contributed by atoms with van der Waals surface area (Å²) < 4.78 is 10.4. The Balaban J connectivity index is 1.74. The van der Waals surface area contributed by atoms with Crippen molar-refractivity contribution >= 4 is 34.0 Å². The fourth-order valence-corrected chi connectivity index (χ4v) is 3.00. The Bertz CT molecular complexity index is 1160. The molecule has 8 heteroatoms. The molecular formula is C22H20N2O6. The maximum atomic E-state index is 12.5. The van der Waals surface area contributed by atoms with Crippen LogP contribution in [-0.4, -0.2) is 30.5 Å². The average Bonchev–Trinajstić information content (AvgIpc) is 2.73. The van der Waals surface area contributed by atoms with E-state index in [0.29, 0.717) is 5.75 Å². The normalized spacial score (nSPS) is 10.5. The third-order valence-electron chi connectivity index (χ3n) is 4.70. The van der Waals surface area contributed by atoms with Gasteiger partial charge in [-0.1, -0.05) is 24.3 Å². The molecule has 0 saturated carbocycles. The van der Waals surface area contributed by atoms with E-state index in [-0.39, 0.29) is 16.9 Å². The molecule has 0 saturated heterocycles.